The lowest BCUT2D eigenvalue weighted by atomic mass is 10.1. The highest BCUT2D eigenvalue weighted by Gasteiger charge is 2.35. The van der Waals surface area contributed by atoms with Crippen molar-refractivity contribution in [3.63, 3.8) is 0 Å². The second-order valence-electron chi connectivity index (χ2n) is 3.49. The van der Waals surface area contributed by atoms with Crippen molar-refractivity contribution < 1.29 is 22.4 Å². The normalized spacial score (nSPS) is 11.6. The lowest BCUT2D eigenvalue weighted by Gasteiger charge is -2.00. The molecule has 0 amide bonds. The van der Waals surface area contributed by atoms with Gasteiger partial charge in [-0.2, -0.15) is 13.2 Å². The van der Waals surface area contributed by atoms with Gasteiger partial charge in [0.2, 0.25) is 5.78 Å². The van der Waals surface area contributed by atoms with Gasteiger partial charge >= 0.3 is 6.18 Å². The Hall–Kier alpha value is -1.28. The molecule has 19 heavy (non-hydrogen) atoms. The first kappa shape index (κ1) is 14.1. The molecule has 1 aromatic heterocycles. The molecule has 0 bridgehead atoms. The van der Waals surface area contributed by atoms with Gasteiger partial charge < -0.3 is 0 Å². The Labute approximate surface area is 117 Å². The molecule has 2 rings (SSSR count). The molecule has 0 saturated heterocycles. The van der Waals surface area contributed by atoms with Gasteiger partial charge in [-0.25, -0.2) is 9.37 Å². The van der Waals surface area contributed by atoms with Crippen LogP contribution in [0.4, 0.5) is 17.6 Å². The Balaban J connectivity index is 2.34. The van der Waals surface area contributed by atoms with Crippen molar-refractivity contribution in [3.8, 4) is 0 Å². The van der Waals surface area contributed by atoms with E-state index in [9.17, 15) is 22.4 Å². The number of ketones is 1. The molecule has 0 aliphatic heterocycles. The number of carbonyl (C=O) groups is 1. The zero-order valence-electron chi connectivity index (χ0n) is 8.96. The quantitative estimate of drug-likeness (QED) is 0.595. The molecule has 0 unspecified atom stereocenters. The summed E-state index contributed by atoms with van der Waals surface area (Å²) < 4.78 is 50.2. The Morgan fingerprint density at radius 1 is 1.32 bits per heavy atom. The zero-order valence-corrected chi connectivity index (χ0v) is 11.4. The van der Waals surface area contributed by atoms with Crippen LogP contribution >= 0.6 is 27.3 Å². The molecule has 0 aliphatic rings. The number of thiazole rings is 1. The van der Waals surface area contributed by atoms with E-state index in [1.807, 2.05) is 0 Å². The van der Waals surface area contributed by atoms with Crippen LogP contribution in [0.5, 0.6) is 0 Å². The summed E-state index contributed by atoms with van der Waals surface area (Å²) in [4.78, 5) is 14.9. The van der Waals surface area contributed by atoms with Crippen molar-refractivity contribution in [1.29, 1.82) is 0 Å². The van der Waals surface area contributed by atoms with E-state index in [4.69, 9.17) is 0 Å². The molecule has 0 radical (unpaired) electrons. The van der Waals surface area contributed by atoms with Gasteiger partial charge in [0.05, 0.1) is 9.35 Å². The van der Waals surface area contributed by atoms with Crippen molar-refractivity contribution >= 4 is 33.0 Å². The summed E-state index contributed by atoms with van der Waals surface area (Å²) >= 11 is 3.16. The van der Waals surface area contributed by atoms with Crippen LogP contribution in [0.1, 0.15) is 20.2 Å². The minimum Gasteiger partial charge on any atom is -0.288 e. The predicted octanol–water partition coefficient (Wildman–Crippen LogP) is 4.29. The Kier molecular flexibility index (Phi) is 3.73. The topological polar surface area (TPSA) is 30.0 Å². The van der Waals surface area contributed by atoms with E-state index in [2.05, 4.69) is 20.9 Å². The van der Waals surface area contributed by atoms with Crippen LogP contribution in [0, 0.1) is 5.82 Å². The van der Waals surface area contributed by atoms with Crippen LogP contribution in [0.3, 0.4) is 0 Å². The van der Waals surface area contributed by atoms with Gasteiger partial charge in [0.1, 0.15) is 5.82 Å². The lowest BCUT2D eigenvalue weighted by molar-refractivity contribution is -0.137. The average molecular weight is 354 g/mol. The van der Waals surface area contributed by atoms with E-state index in [1.54, 1.807) is 0 Å². The number of halogens is 5. The smallest absolute Gasteiger partial charge is 0.288 e. The van der Waals surface area contributed by atoms with E-state index < -0.39 is 22.8 Å². The zero-order chi connectivity index (χ0) is 14.2. The number of nitrogens with zero attached hydrogens (tertiary/aromatic N) is 1. The summed E-state index contributed by atoms with van der Waals surface area (Å²) in [6.45, 7) is 0. The van der Waals surface area contributed by atoms with Crippen molar-refractivity contribution in [2.24, 2.45) is 0 Å². The van der Waals surface area contributed by atoms with Crippen LogP contribution in [0.25, 0.3) is 0 Å². The Bertz CT molecular complexity index is 638. The van der Waals surface area contributed by atoms with Gasteiger partial charge in [0.25, 0.3) is 0 Å². The molecule has 0 atom stereocenters. The maximum atomic E-state index is 13.0. The molecule has 8 heteroatoms. The fourth-order valence-electron chi connectivity index (χ4n) is 1.29. The number of alkyl halides is 3. The van der Waals surface area contributed by atoms with Gasteiger partial charge in [-0.15, -0.1) is 11.3 Å². The van der Waals surface area contributed by atoms with Gasteiger partial charge in [-0.3, -0.25) is 4.79 Å². The maximum absolute atomic E-state index is 13.0. The third-order valence-electron chi connectivity index (χ3n) is 2.15. The third kappa shape index (κ3) is 3.01. The molecule has 1 heterocycles. The Morgan fingerprint density at radius 3 is 2.53 bits per heavy atom. The third-order valence-corrected chi connectivity index (χ3v) is 3.80. The van der Waals surface area contributed by atoms with Crippen LogP contribution in [0.15, 0.2) is 28.9 Å². The number of hydrogen-bond donors (Lipinski definition) is 0. The maximum Gasteiger partial charge on any atom is 0.443 e. The molecule has 2 nitrogen and oxygen atoms in total. The molecule has 0 spiro atoms. The second-order valence-corrected chi connectivity index (χ2v) is 5.37. The summed E-state index contributed by atoms with van der Waals surface area (Å²) in [6.07, 6.45) is -3.71. The SMILES string of the molecule is O=C(c1ccc(F)c(Br)c1)c1cnc(C(F)(F)F)s1. The molecular weight excluding hydrogens is 350 g/mol. The molecule has 0 aliphatic carbocycles. The summed E-state index contributed by atoms with van der Waals surface area (Å²) in [5, 5.41) is -1.09. The van der Waals surface area contributed by atoms with Crippen molar-refractivity contribution in [2.75, 3.05) is 0 Å². The number of rotatable bonds is 2. The molecule has 100 valence electrons. The van der Waals surface area contributed by atoms with E-state index in [0.29, 0.717) is 0 Å². The van der Waals surface area contributed by atoms with Crippen LogP contribution in [-0.2, 0) is 6.18 Å². The minimum absolute atomic E-state index is 0.0684. The van der Waals surface area contributed by atoms with Crippen LogP contribution < -0.4 is 0 Å². The number of aromatic nitrogens is 1. The summed E-state index contributed by atoms with van der Waals surface area (Å²) in [5.41, 5.74) is 0.0886. The summed E-state index contributed by atoms with van der Waals surface area (Å²) in [7, 11) is 0. The van der Waals surface area contributed by atoms with E-state index in [-0.39, 0.29) is 26.3 Å². The van der Waals surface area contributed by atoms with Crippen LogP contribution in [0.2, 0.25) is 0 Å². The minimum atomic E-state index is -4.58. The molecule has 0 N–H and O–H groups in total. The molecule has 0 saturated carbocycles. The van der Waals surface area contributed by atoms with Gasteiger partial charge in [0.15, 0.2) is 5.01 Å². The number of carbonyl (C=O) groups excluding carboxylic acids is 1. The summed E-state index contributed by atoms with van der Waals surface area (Å²) in [6, 6.07) is 3.48. The van der Waals surface area contributed by atoms with Gasteiger partial charge in [-0.05, 0) is 34.1 Å². The molecule has 0 fully saturated rings. The largest absolute Gasteiger partial charge is 0.443 e. The van der Waals surface area contributed by atoms with Crippen molar-refractivity contribution in [3.05, 3.63) is 50.1 Å². The fourth-order valence-corrected chi connectivity index (χ4v) is 2.41. The average Bonchev–Trinajstić information content (AvgIpc) is 2.81. The van der Waals surface area contributed by atoms with E-state index in [1.165, 1.54) is 12.1 Å². The first-order chi connectivity index (χ1) is 8.79. The van der Waals surface area contributed by atoms with Crippen molar-refractivity contribution in [1.82, 2.24) is 4.98 Å². The standard InChI is InChI=1S/C11H4BrF4NOS/c12-6-3-5(1-2-7(6)13)9(18)8-4-17-10(19-8)11(14,15)16/h1-4H. The highest BCUT2D eigenvalue weighted by Crippen LogP contribution is 2.33. The fraction of sp³-hybridized carbons (Fsp3) is 0.0909. The Morgan fingerprint density at radius 2 is 2.00 bits per heavy atom. The number of hydrogen-bond acceptors (Lipinski definition) is 3. The molecule has 2 aromatic rings. The first-order valence-electron chi connectivity index (χ1n) is 4.82. The monoisotopic (exact) mass is 353 g/mol. The van der Waals surface area contributed by atoms with E-state index >= 15 is 0 Å². The van der Waals surface area contributed by atoms with Gasteiger partial charge in [-0.1, -0.05) is 0 Å². The summed E-state index contributed by atoms with van der Waals surface area (Å²) in [5.74, 6) is -1.19. The van der Waals surface area contributed by atoms with Gasteiger partial charge in [0, 0.05) is 11.8 Å². The van der Waals surface area contributed by atoms with Crippen LogP contribution in [-0.4, -0.2) is 10.8 Å². The predicted molar refractivity (Wildman–Crippen MR) is 64.6 cm³/mol. The number of benzene rings is 1. The van der Waals surface area contributed by atoms with E-state index in [0.717, 1.165) is 12.3 Å². The first-order valence-corrected chi connectivity index (χ1v) is 6.43. The van der Waals surface area contributed by atoms with Crippen molar-refractivity contribution in [2.45, 2.75) is 6.18 Å². The highest BCUT2D eigenvalue weighted by atomic mass is 79.9. The second kappa shape index (κ2) is 5.01. The molecular formula is C11H4BrF4NOS. The molecule has 1 aromatic carbocycles. The lowest BCUT2D eigenvalue weighted by Crippen LogP contribution is -2.03. The highest BCUT2D eigenvalue weighted by molar-refractivity contribution is 9.10.